The number of piperidine rings is 1. The number of rotatable bonds is 5. The molecule has 7 nitrogen and oxygen atoms in total. The van der Waals surface area contributed by atoms with Crippen LogP contribution in [0.15, 0.2) is 45.6 Å². The Morgan fingerprint density at radius 3 is 2.47 bits per heavy atom. The molecule has 2 saturated heterocycles. The summed E-state index contributed by atoms with van der Waals surface area (Å²) in [6, 6.07) is 11.9. The predicted octanol–water partition coefficient (Wildman–Crippen LogP) is 3.27. The van der Waals surface area contributed by atoms with E-state index in [-0.39, 0.29) is 18.1 Å². The molecular formula is C23H25NO6. The van der Waals surface area contributed by atoms with E-state index >= 15 is 0 Å². The molecule has 0 radical (unpaired) electrons. The highest BCUT2D eigenvalue weighted by Gasteiger charge is 2.45. The monoisotopic (exact) mass is 411 g/mol. The molecule has 2 fully saturated rings. The fourth-order valence-electron chi connectivity index (χ4n) is 4.11. The van der Waals surface area contributed by atoms with Crippen LogP contribution in [0.5, 0.6) is 0 Å². The summed E-state index contributed by atoms with van der Waals surface area (Å²) in [5.74, 6) is 0.259. The lowest BCUT2D eigenvalue weighted by Gasteiger charge is -2.36. The molecule has 1 spiro atoms. The van der Waals surface area contributed by atoms with Crippen molar-refractivity contribution >= 4 is 12.1 Å². The van der Waals surface area contributed by atoms with Crippen LogP contribution in [-0.4, -0.2) is 42.3 Å². The molecule has 2 aliphatic heterocycles. The number of carbonyl (C=O) groups is 2. The van der Waals surface area contributed by atoms with E-state index in [4.69, 9.17) is 13.9 Å². The van der Waals surface area contributed by atoms with Crippen molar-refractivity contribution in [1.29, 1.82) is 0 Å². The van der Waals surface area contributed by atoms with E-state index in [0.717, 1.165) is 12.8 Å². The number of cyclic esters (lactones) is 1. The van der Waals surface area contributed by atoms with Gasteiger partial charge in [-0.25, -0.2) is 9.59 Å². The third-order valence-electron chi connectivity index (χ3n) is 5.86. The SMILES string of the molecule is Cc1cc(CCCc2ccccc2)oc(=O)c1C(=O)N1CCC2(CC1)COC(=O)O2. The van der Waals surface area contributed by atoms with Crippen molar-refractivity contribution in [3.63, 3.8) is 0 Å². The lowest BCUT2D eigenvalue weighted by molar-refractivity contribution is 0.00268. The number of likely N-dealkylation sites (tertiary alicyclic amines) is 1. The van der Waals surface area contributed by atoms with Gasteiger partial charge in [0.05, 0.1) is 0 Å². The Labute approximate surface area is 174 Å². The second kappa shape index (κ2) is 8.34. The number of ether oxygens (including phenoxy) is 2. The van der Waals surface area contributed by atoms with Gasteiger partial charge in [0.1, 0.15) is 17.9 Å². The number of benzene rings is 1. The Kier molecular flexibility index (Phi) is 5.61. The third kappa shape index (κ3) is 4.25. The number of carbonyl (C=O) groups excluding carboxylic acids is 2. The highest BCUT2D eigenvalue weighted by atomic mass is 16.8. The second-order valence-corrected chi connectivity index (χ2v) is 8.01. The van der Waals surface area contributed by atoms with Crippen molar-refractivity contribution < 1.29 is 23.5 Å². The Morgan fingerprint density at radius 2 is 1.83 bits per heavy atom. The maximum atomic E-state index is 12.9. The summed E-state index contributed by atoms with van der Waals surface area (Å²) in [5, 5.41) is 0. The number of hydrogen-bond donors (Lipinski definition) is 0. The van der Waals surface area contributed by atoms with Crippen LogP contribution in [-0.2, 0) is 22.3 Å². The van der Waals surface area contributed by atoms with Crippen LogP contribution in [0.3, 0.4) is 0 Å². The van der Waals surface area contributed by atoms with Crippen molar-refractivity contribution in [2.75, 3.05) is 19.7 Å². The Morgan fingerprint density at radius 1 is 1.10 bits per heavy atom. The summed E-state index contributed by atoms with van der Waals surface area (Å²) in [5.41, 5.74) is 0.713. The van der Waals surface area contributed by atoms with Crippen molar-refractivity contribution in [3.8, 4) is 0 Å². The maximum Gasteiger partial charge on any atom is 0.509 e. The van der Waals surface area contributed by atoms with Crippen molar-refractivity contribution in [2.45, 2.75) is 44.6 Å². The molecule has 2 aromatic rings. The van der Waals surface area contributed by atoms with Gasteiger partial charge in [-0.2, -0.15) is 0 Å². The summed E-state index contributed by atoms with van der Waals surface area (Å²) >= 11 is 0. The van der Waals surface area contributed by atoms with Gasteiger partial charge in [0.2, 0.25) is 0 Å². The first-order chi connectivity index (χ1) is 14.5. The van der Waals surface area contributed by atoms with Gasteiger partial charge in [-0.15, -0.1) is 0 Å². The summed E-state index contributed by atoms with van der Waals surface area (Å²) in [7, 11) is 0. The van der Waals surface area contributed by atoms with Gasteiger partial charge in [-0.3, -0.25) is 4.79 Å². The normalized spacial score (nSPS) is 17.6. The zero-order valence-corrected chi connectivity index (χ0v) is 17.0. The molecule has 0 N–H and O–H groups in total. The van der Waals surface area contributed by atoms with Crippen LogP contribution in [0.25, 0.3) is 0 Å². The molecule has 30 heavy (non-hydrogen) atoms. The molecule has 0 atom stereocenters. The van der Waals surface area contributed by atoms with E-state index < -0.39 is 17.4 Å². The van der Waals surface area contributed by atoms with E-state index in [1.165, 1.54) is 5.56 Å². The van der Waals surface area contributed by atoms with Crippen LogP contribution in [0.4, 0.5) is 4.79 Å². The fourth-order valence-corrected chi connectivity index (χ4v) is 4.11. The lowest BCUT2D eigenvalue weighted by atomic mass is 9.92. The van der Waals surface area contributed by atoms with E-state index in [1.54, 1.807) is 17.9 Å². The van der Waals surface area contributed by atoms with Gasteiger partial charge < -0.3 is 18.8 Å². The molecule has 0 saturated carbocycles. The average Bonchev–Trinajstić information content (AvgIpc) is 3.08. The number of hydrogen-bond acceptors (Lipinski definition) is 6. The molecule has 2 aliphatic rings. The summed E-state index contributed by atoms with van der Waals surface area (Å²) in [6.45, 7) is 2.77. The molecule has 0 bridgehead atoms. The van der Waals surface area contributed by atoms with Gasteiger partial charge in [-0.1, -0.05) is 30.3 Å². The molecule has 1 aromatic carbocycles. The standard InChI is InChI=1S/C23H25NO6/c1-16-14-18(9-5-8-17-6-3-2-4-7-17)29-21(26)19(16)20(25)24-12-10-23(11-13-24)15-28-22(27)30-23/h2-4,6-7,14H,5,8-13,15H2,1H3. The van der Waals surface area contributed by atoms with E-state index in [0.29, 0.717) is 43.7 Å². The van der Waals surface area contributed by atoms with Crippen LogP contribution in [0, 0.1) is 6.92 Å². The third-order valence-corrected chi connectivity index (χ3v) is 5.86. The molecule has 3 heterocycles. The predicted molar refractivity (Wildman–Crippen MR) is 108 cm³/mol. The van der Waals surface area contributed by atoms with E-state index in [1.807, 2.05) is 18.2 Å². The Bertz CT molecular complexity index is 988. The highest BCUT2D eigenvalue weighted by Crippen LogP contribution is 2.32. The highest BCUT2D eigenvalue weighted by molar-refractivity contribution is 5.95. The summed E-state index contributed by atoms with van der Waals surface area (Å²) in [6.07, 6.45) is 2.72. The van der Waals surface area contributed by atoms with Gasteiger partial charge >= 0.3 is 11.8 Å². The topological polar surface area (TPSA) is 86.0 Å². The van der Waals surface area contributed by atoms with Crippen LogP contribution < -0.4 is 5.63 Å². The van der Waals surface area contributed by atoms with Crippen molar-refractivity contribution in [3.05, 3.63) is 69.3 Å². The maximum absolute atomic E-state index is 12.9. The Hall–Kier alpha value is -3.09. The number of amides is 1. The van der Waals surface area contributed by atoms with Gasteiger partial charge in [-0.05, 0) is 37.0 Å². The molecule has 158 valence electrons. The van der Waals surface area contributed by atoms with Gasteiger partial charge in [0.25, 0.3) is 5.91 Å². The van der Waals surface area contributed by atoms with Gasteiger partial charge in [0, 0.05) is 32.4 Å². The molecule has 4 rings (SSSR count). The second-order valence-electron chi connectivity index (χ2n) is 8.01. The minimum atomic E-state index is -0.658. The van der Waals surface area contributed by atoms with Crippen LogP contribution >= 0.6 is 0 Å². The quantitative estimate of drug-likeness (QED) is 0.702. The zero-order valence-electron chi connectivity index (χ0n) is 17.0. The molecule has 1 amide bonds. The smallest absolute Gasteiger partial charge is 0.430 e. The van der Waals surface area contributed by atoms with Crippen LogP contribution in [0.1, 0.15) is 46.5 Å². The first kappa shape index (κ1) is 20.2. The molecule has 1 aromatic heterocycles. The van der Waals surface area contributed by atoms with Crippen LogP contribution in [0.2, 0.25) is 0 Å². The zero-order chi connectivity index (χ0) is 21.1. The number of nitrogens with zero attached hydrogens (tertiary/aromatic N) is 1. The molecule has 7 heteroatoms. The molecular weight excluding hydrogens is 386 g/mol. The Balaban J connectivity index is 1.39. The van der Waals surface area contributed by atoms with E-state index in [9.17, 15) is 14.4 Å². The average molecular weight is 411 g/mol. The lowest BCUT2D eigenvalue weighted by Crippen LogP contribution is -2.48. The minimum absolute atomic E-state index is 0.0810. The summed E-state index contributed by atoms with van der Waals surface area (Å²) in [4.78, 5) is 38.4. The molecule has 0 unspecified atom stereocenters. The number of aryl methyl sites for hydroxylation is 3. The first-order valence-corrected chi connectivity index (χ1v) is 10.3. The largest absolute Gasteiger partial charge is 0.509 e. The summed E-state index contributed by atoms with van der Waals surface area (Å²) < 4.78 is 15.6. The molecule has 0 aliphatic carbocycles. The minimum Gasteiger partial charge on any atom is -0.430 e. The van der Waals surface area contributed by atoms with E-state index in [2.05, 4.69) is 12.1 Å². The van der Waals surface area contributed by atoms with Crippen molar-refractivity contribution in [1.82, 2.24) is 4.90 Å². The van der Waals surface area contributed by atoms with Gasteiger partial charge in [0.15, 0.2) is 5.60 Å². The van der Waals surface area contributed by atoms with Crippen molar-refractivity contribution in [2.24, 2.45) is 0 Å². The fraction of sp³-hybridized carbons (Fsp3) is 0.435. The first-order valence-electron chi connectivity index (χ1n) is 10.3.